The summed E-state index contributed by atoms with van der Waals surface area (Å²) in [5, 5.41) is 0. The average Bonchev–Trinajstić information content (AvgIpc) is 2.42. The molecular formula is C17H22BrF3. The largest absolute Gasteiger partial charge is 0.416 e. The summed E-state index contributed by atoms with van der Waals surface area (Å²) in [7, 11) is 0. The van der Waals surface area contributed by atoms with Crippen molar-refractivity contribution in [2.24, 2.45) is 11.8 Å². The van der Waals surface area contributed by atoms with Gasteiger partial charge in [-0.25, -0.2) is 0 Å². The van der Waals surface area contributed by atoms with Crippen molar-refractivity contribution in [3.05, 3.63) is 35.4 Å². The van der Waals surface area contributed by atoms with Gasteiger partial charge < -0.3 is 0 Å². The normalized spacial score (nSPS) is 26.8. The summed E-state index contributed by atoms with van der Waals surface area (Å²) in [5.41, 5.74) is 0.448. The summed E-state index contributed by atoms with van der Waals surface area (Å²) in [5.74, 6) is 1.32. The Morgan fingerprint density at radius 1 is 1.14 bits per heavy atom. The molecule has 0 bridgehead atoms. The van der Waals surface area contributed by atoms with Crippen LogP contribution in [0.25, 0.3) is 0 Å². The second-order valence-electron chi connectivity index (χ2n) is 6.14. The molecule has 0 aliphatic heterocycles. The molecule has 0 amide bonds. The molecule has 1 aliphatic rings. The van der Waals surface area contributed by atoms with Crippen LogP contribution in [0.2, 0.25) is 0 Å². The van der Waals surface area contributed by atoms with Crippen LogP contribution in [0.1, 0.15) is 50.2 Å². The van der Waals surface area contributed by atoms with Crippen LogP contribution < -0.4 is 0 Å². The highest BCUT2D eigenvalue weighted by Gasteiger charge is 2.31. The zero-order chi connectivity index (χ0) is 15.5. The first-order chi connectivity index (χ1) is 9.90. The number of hydrogen-bond donors (Lipinski definition) is 0. The van der Waals surface area contributed by atoms with Crippen molar-refractivity contribution in [1.82, 2.24) is 0 Å². The Morgan fingerprint density at radius 2 is 1.81 bits per heavy atom. The number of alkyl halides is 4. The highest BCUT2D eigenvalue weighted by Crippen LogP contribution is 2.38. The third-order valence-corrected chi connectivity index (χ3v) is 5.68. The lowest BCUT2D eigenvalue weighted by atomic mass is 9.77. The van der Waals surface area contributed by atoms with Gasteiger partial charge in [-0.05, 0) is 55.2 Å². The molecular weight excluding hydrogens is 341 g/mol. The van der Waals surface area contributed by atoms with Crippen LogP contribution in [0.3, 0.4) is 0 Å². The molecule has 1 fully saturated rings. The minimum atomic E-state index is -4.24. The summed E-state index contributed by atoms with van der Waals surface area (Å²) in [4.78, 5) is 0.493. The summed E-state index contributed by atoms with van der Waals surface area (Å²) >= 11 is 3.76. The quantitative estimate of drug-likeness (QED) is 0.557. The van der Waals surface area contributed by atoms with E-state index >= 15 is 0 Å². The van der Waals surface area contributed by atoms with E-state index in [1.807, 2.05) is 0 Å². The Bertz CT molecular complexity index is 438. The monoisotopic (exact) mass is 362 g/mol. The minimum absolute atomic E-state index is 0.493. The van der Waals surface area contributed by atoms with Crippen molar-refractivity contribution in [3.63, 3.8) is 0 Å². The van der Waals surface area contributed by atoms with E-state index in [0.717, 1.165) is 17.9 Å². The molecule has 0 N–H and O–H groups in total. The Balaban J connectivity index is 1.99. The third-order valence-electron chi connectivity index (χ3n) is 4.47. The fourth-order valence-corrected chi connectivity index (χ4v) is 4.01. The first-order valence-electron chi connectivity index (χ1n) is 7.70. The number of hydrogen-bond acceptors (Lipinski definition) is 0. The van der Waals surface area contributed by atoms with E-state index in [-0.39, 0.29) is 0 Å². The molecule has 21 heavy (non-hydrogen) atoms. The van der Waals surface area contributed by atoms with Crippen LogP contribution in [-0.2, 0) is 12.6 Å². The van der Waals surface area contributed by atoms with Crippen LogP contribution in [0.15, 0.2) is 24.3 Å². The van der Waals surface area contributed by atoms with Crippen molar-refractivity contribution in [2.45, 2.75) is 56.5 Å². The molecule has 118 valence electrons. The highest BCUT2D eigenvalue weighted by molar-refractivity contribution is 9.09. The van der Waals surface area contributed by atoms with Gasteiger partial charge in [-0.2, -0.15) is 13.2 Å². The summed E-state index contributed by atoms with van der Waals surface area (Å²) in [6.45, 7) is 2.21. The van der Waals surface area contributed by atoms with Gasteiger partial charge in [0.25, 0.3) is 0 Å². The zero-order valence-electron chi connectivity index (χ0n) is 12.3. The topological polar surface area (TPSA) is 0 Å². The van der Waals surface area contributed by atoms with Crippen molar-refractivity contribution in [3.8, 4) is 0 Å². The Morgan fingerprint density at radius 3 is 2.38 bits per heavy atom. The molecule has 1 aromatic carbocycles. The maximum atomic E-state index is 12.6. The number of rotatable bonds is 4. The predicted molar refractivity (Wildman–Crippen MR) is 83.6 cm³/mol. The molecule has 1 aliphatic carbocycles. The van der Waals surface area contributed by atoms with Crippen LogP contribution >= 0.6 is 15.9 Å². The maximum Gasteiger partial charge on any atom is 0.416 e. The van der Waals surface area contributed by atoms with Gasteiger partial charge in [-0.15, -0.1) is 0 Å². The molecule has 2 rings (SSSR count). The molecule has 0 radical (unpaired) electrons. The van der Waals surface area contributed by atoms with Gasteiger partial charge in [0.1, 0.15) is 0 Å². The lowest BCUT2D eigenvalue weighted by Crippen LogP contribution is -2.26. The lowest BCUT2D eigenvalue weighted by molar-refractivity contribution is -0.137. The molecule has 0 heterocycles. The van der Waals surface area contributed by atoms with E-state index in [1.165, 1.54) is 44.2 Å². The van der Waals surface area contributed by atoms with Crippen LogP contribution in [0.5, 0.6) is 0 Å². The van der Waals surface area contributed by atoms with Gasteiger partial charge in [-0.3, -0.25) is 0 Å². The van der Waals surface area contributed by atoms with Gasteiger partial charge in [0.05, 0.1) is 5.56 Å². The van der Waals surface area contributed by atoms with E-state index in [9.17, 15) is 13.2 Å². The summed E-state index contributed by atoms with van der Waals surface area (Å²) in [6, 6.07) is 5.66. The fraction of sp³-hybridized carbons (Fsp3) is 0.647. The average molecular weight is 363 g/mol. The fourth-order valence-electron chi connectivity index (χ4n) is 3.34. The van der Waals surface area contributed by atoms with Crippen molar-refractivity contribution in [1.29, 1.82) is 0 Å². The molecule has 3 atom stereocenters. The first-order valence-corrected chi connectivity index (χ1v) is 8.62. The number of halogens is 4. The van der Waals surface area contributed by atoms with Gasteiger partial charge in [0.2, 0.25) is 0 Å². The molecule has 0 saturated heterocycles. The van der Waals surface area contributed by atoms with Crippen LogP contribution in [0.4, 0.5) is 13.2 Å². The van der Waals surface area contributed by atoms with Crippen molar-refractivity contribution in [2.75, 3.05) is 0 Å². The molecule has 3 unspecified atom stereocenters. The van der Waals surface area contributed by atoms with E-state index in [1.54, 1.807) is 12.1 Å². The minimum Gasteiger partial charge on any atom is -0.166 e. The summed E-state index contributed by atoms with van der Waals surface area (Å²) in [6.07, 6.45) is 2.74. The van der Waals surface area contributed by atoms with E-state index in [2.05, 4.69) is 22.9 Å². The molecule has 1 saturated carbocycles. The SMILES string of the molecule is CCCC1CCC(Br)C(Cc2ccc(C(F)(F)F)cc2)C1. The second kappa shape index (κ2) is 7.17. The second-order valence-corrected chi connectivity index (χ2v) is 7.32. The van der Waals surface area contributed by atoms with Crippen LogP contribution in [-0.4, -0.2) is 4.83 Å². The maximum absolute atomic E-state index is 12.6. The zero-order valence-corrected chi connectivity index (χ0v) is 13.9. The lowest BCUT2D eigenvalue weighted by Gasteiger charge is -2.33. The molecule has 0 spiro atoms. The summed E-state index contributed by atoms with van der Waals surface area (Å²) < 4.78 is 37.7. The molecule has 4 heteroatoms. The smallest absolute Gasteiger partial charge is 0.166 e. The van der Waals surface area contributed by atoms with Crippen LogP contribution in [0, 0.1) is 11.8 Å². The molecule has 0 aromatic heterocycles. The van der Waals surface area contributed by atoms with E-state index in [4.69, 9.17) is 0 Å². The van der Waals surface area contributed by atoms with Gasteiger partial charge in [0, 0.05) is 4.83 Å². The standard InChI is InChI=1S/C17H22BrF3/c1-2-3-12-6-9-16(18)14(10-12)11-13-4-7-15(8-5-13)17(19,20)21/h4-5,7-8,12,14,16H,2-3,6,9-11H2,1H3. The Labute approximate surface area is 133 Å². The van der Waals surface area contributed by atoms with E-state index in [0.29, 0.717) is 10.7 Å². The van der Waals surface area contributed by atoms with Gasteiger partial charge in [-0.1, -0.05) is 47.8 Å². The number of benzene rings is 1. The molecule has 1 aromatic rings. The Hall–Kier alpha value is -0.510. The third kappa shape index (κ3) is 4.73. The Kier molecular flexibility index (Phi) is 5.75. The van der Waals surface area contributed by atoms with Gasteiger partial charge >= 0.3 is 6.18 Å². The van der Waals surface area contributed by atoms with E-state index < -0.39 is 11.7 Å². The predicted octanol–water partition coefficient (Wildman–Crippen LogP) is 6.23. The molecule has 0 nitrogen and oxygen atoms in total. The van der Waals surface area contributed by atoms with Crippen molar-refractivity contribution < 1.29 is 13.2 Å². The van der Waals surface area contributed by atoms with Gasteiger partial charge in [0.15, 0.2) is 0 Å². The van der Waals surface area contributed by atoms with Crippen molar-refractivity contribution >= 4 is 15.9 Å². The first kappa shape index (κ1) is 16.9. The highest BCUT2D eigenvalue weighted by atomic mass is 79.9.